The van der Waals surface area contributed by atoms with Gasteiger partial charge in [0.1, 0.15) is 0 Å². The number of likely N-dealkylation sites (N-methyl/N-ethyl adjacent to an activating group) is 1. The Kier molecular flexibility index (Phi) is 4.68. The SMILES string of the molecule is CCNCCc1nnc(-c2ccc(C(C)C)cc2)o1. The minimum atomic E-state index is 0.535. The van der Waals surface area contributed by atoms with E-state index < -0.39 is 0 Å². The van der Waals surface area contributed by atoms with Gasteiger partial charge in [-0.2, -0.15) is 0 Å². The number of nitrogens with one attached hydrogen (secondary N) is 1. The van der Waals surface area contributed by atoms with E-state index in [2.05, 4.69) is 48.4 Å². The largest absolute Gasteiger partial charge is 0.421 e. The Morgan fingerprint density at radius 2 is 1.89 bits per heavy atom. The van der Waals surface area contributed by atoms with E-state index in [1.54, 1.807) is 0 Å². The quantitative estimate of drug-likeness (QED) is 0.810. The highest BCUT2D eigenvalue weighted by Gasteiger charge is 2.08. The van der Waals surface area contributed by atoms with E-state index in [1.165, 1.54) is 5.56 Å². The molecular weight excluding hydrogens is 238 g/mol. The summed E-state index contributed by atoms with van der Waals surface area (Å²) in [5.41, 5.74) is 2.29. The predicted octanol–water partition coefficient (Wildman–Crippen LogP) is 3.01. The summed E-state index contributed by atoms with van der Waals surface area (Å²) >= 11 is 0. The molecule has 0 fully saturated rings. The third-order valence-electron chi connectivity index (χ3n) is 3.06. The lowest BCUT2D eigenvalue weighted by atomic mass is 10.0. The lowest BCUT2D eigenvalue weighted by Gasteiger charge is -2.04. The molecule has 2 aromatic rings. The molecule has 1 heterocycles. The number of aromatic nitrogens is 2. The minimum Gasteiger partial charge on any atom is -0.421 e. The molecule has 0 radical (unpaired) electrons. The van der Waals surface area contributed by atoms with E-state index in [0.717, 1.165) is 25.1 Å². The van der Waals surface area contributed by atoms with E-state index in [-0.39, 0.29) is 0 Å². The van der Waals surface area contributed by atoms with Crippen LogP contribution in [0.4, 0.5) is 0 Å². The topological polar surface area (TPSA) is 51.0 Å². The van der Waals surface area contributed by atoms with Crippen LogP contribution in [0.3, 0.4) is 0 Å². The van der Waals surface area contributed by atoms with Gasteiger partial charge in [0.05, 0.1) is 0 Å². The first-order chi connectivity index (χ1) is 9.20. The van der Waals surface area contributed by atoms with Crippen LogP contribution in [0.25, 0.3) is 11.5 Å². The molecule has 0 spiro atoms. The summed E-state index contributed by atoms with van der Waals surface area (Å²) < 4.78 is 5.65. The van der Waals surface area contributed by atoms with Gasteiger partial charge in [-0.25, -0.2) is 0 Å². The number of benzene rings is 1. The second-order valence-electron chi connectivity index (χ2n) is 4.88. The summed E-state index contributed by atoms with van der Waals surface area (Å²) in [5, 5.41) is 11.4. The number of nitrogens with zero attached hydrogens (tertiary/aromatic N) is 2. The molecular formula is C15H21N3O. The molecule has 0 aliphatic carbocycles. The molecule has 4 heteroatoms. The maximum absolute atomic E-state index is 5.65. The zero-order valence-electron chi connectivity index (χ0n) is 11.8. The van der Waals surface area contributed by atoms with Crippen molar-refractivity contribution in [3.63, 3.8) is 0 Å². The van der Waals surface area contributed by atoms with Crippen LogP contribution in [0.1, 0.15) is 38.1 Å². The number of hydrogen-bond donors (Lipinski definition) is 1. The fourth-order valence-electron chi connectivity index (χ4n) is 1.85. The van der Waals surface area contributed by atoms with Gasteiger partial charge in [-0.15, -0.1) is 10.2 Å². The maximum Gasteiger partial charge on any atom is 0.247 e. The molecule has 0 aliphatic rings. The summed E-state index contributed by atoms with van der Waals surface area (Å²) in [5.74, 6) is 1.82. The molecule has 0 atom stereocenters. The third-order valence-corrected chi connectivity index (χ3v) is 3.06. The maximum atomic E-state index is 5.65. The lowest BCUT2D eigenvalue weighted by molar-refractivity contribution is 0.496. The van der Waals surface area contributed by atoms with Crippen LogP contribution in [-0.4, -0.2) is 23.3 Å². The first-order valence-corrected chi connectivity index (χ1v) is 6.84. The standard InChI is InChI=1S/C15H21N3O/c1-4-16-10-9-14-17-18-15(19-14)13-7-5-12(6-8-13)11(2)3/h5-8,11,16H,4,9-10H2,1-3H3. The lowest BCUT2D eigenvalue weighted by Crippen LogP contribution is -2.16. The molecule has 0 amide bonds. The van der Waals surface area contributed by atoms with Gasteiger partial charge in [0.25, 0.3) is 0 Å². The first-order valence-electron chi connectivity index (χ1n) is 6.84. The van der Waals surface area contributed by atoms with Crippen LogP contribution in [0.2, 0.25) is 0 Å². The van der Waals surface area contributed by atoms with E-state index in [0.29, 0.717) is 17.7 Å². The second-order valence-corrected chi connectivity index (χ2v) is 4.88. The molecule has 102 valence electrons. The van der Waals surface area contributed by atoms with Crippen molar-refractivity contribution in [3.8, 4) is 11.5 Å². The average molecular weight is 259 g/mol. The molecule has 2 rings (SSSR count). The Morgan fingerprint density at radius 3 is 2.53 bits per heavy atom. The summed E-state index contributed by atoms with van der Waals surface area (Å²) in [6.45, 7) is 8.26. The van der Waals surface area contributed by atoms with Gasteiger partial charge in [0, 0.05) is 18.5 Å². The molecule has 1 N–H and O–H groups in total. The Bertz CT molecular complexity index is 502. The van der Waals surface area contributed by atoms with E-state index in [4.69, 9.17) is 4.42 Å². The molecule has 0 saturated heterocycles. The molecule has 1 aromatic heterocycles. The van der Waals surface area contributed by atoms with Crippen LogP contribution in [0.15, 0.2) is 28.7 Å². The van der Waals surface area contributed by atoms with Crippen LogP contribution in [0.5, 0.6) is 0 Å². The minimum absolute atomic E-state index is 0.535. The Balaban J connectivity index is 2.05. The van der Waals surface area contributed by atoms with Crippen molar-refractivity contribution >= 4 is 0 Å². The van der Waals surface area contributed by atoms with E-state index in [1.807, 2.05) is 12.1 Å². The first kappa shape index (κ1) is 13.7. The van der Waals surface area contributed by atoms with Crippen molar-refractivity contribution in [2.24, 2.45) is 0 Å². The Labute approximate surface area is 114 Å². The van der Waals surface area contributed by atoms with Gasteiger partial charge in [0.2, 0.25) is 11.8 Å². The van der Waals surface area contributed by atoms with Crippen molar-refractivity contribution in [3.05, 3.63) is 35.7 Å². The zero-order chi connectivity index (χ0) is 13.7. The molecule has 19 heavy (non-hydrogen) atoms. The van der Waals surface area contributed by atoms with Crippen LogP contribution < -0.4 is 5.32 Å². The van der Waals surface area contributed by atoms with Gasteiger partial charge in [-0.05, 0) is 30.2 Å². The van der Waals surface area contributed by atoms with Crippen molar-refractivity contribution in [2.75, 3.05) is 13.1 Å². The summed E-state index contributed by atoms with van der Waals surface area (Å²) in [6.07, 6.45) is 0.769. The van der Waals surface area contributed by atoms with Gasteiger partial charge >= 0.3 is 0 Å². The molecule has 0 unspecified atom stereocenters. The number of hydrogen-bond acceptors (Lipinski definition) is 4. The fraction of sp³-hybridized carbons (Fsp3) is 0.467. The van der Waals surface area contributed by atoms with E-state index in [9.17, 15) is 0 Å². The second kappa shape index (κ2) is 6.48. The average Bonchev–Trinajstić information content (AvgIpc) is 2.88. The zero-order valence-corrected chi connectivity index (χ0v) is 11.8. The summed E-state index contributed by atoms with van der Waals surface area (Å²) in [6, 6.07) is 8.30. The fourth-order valence-corrected chi connectivity index (χ4v) is 1.85. The van der Waals surface area contributed by atoms with Crippen LogP contribution in [0, 0.1) is 0 Å². The van der Waals surface area contributed by atoms with Crippen molar-refractivity contribution in [1.82, 2.24) is 15.5 Å². The Hall–Kier alpha value is -1.68. The third kappa shape index (κ3) is 3.64. The molecule has 0 saturated carbocycles. The monoisotopic (exact) mass is 259 g/mol. The van der Waals surface area contributed by atoms with Crippen LogP contribution >= 0.6 is 0 Å². The van der Waals surface area contributed by atoms with Gasteiger partial charge in [-0.1, -0.05) is 32.9 Å². The predicted molar refractivity (Wildman–Crippen MR) is 76.1 cm³/mol. The normalized spacial score (nSPS) is 11.2. The molecule has 1 aromatic carbocycles. The smallest absolute Gasteiger partial charge is 0.247 e. The highest BCUT2D eigenvalue weighted by molar-refractivity contribution is 5.53. The number of rotatable bonds is 6. The molecule has 4 nitrogen and oxygen atoms in total. The molecule has 0 aliphatic heterocycles. The van der Waals surface area contributed by atoms with Crippen LogP contribution in [-0.2, 0) is 6.42 Å². The molecule has 0 bridgehead atoms. The van der Waals surface area contributed by atoms with Crippen molar-refractivity contribution in [2.45, 2.75) is 33.1 Å². The van der Waals surface area contributed by atoms with Gasteiger partial charge in [0.15, 0.2) is 0 Å². The van der Waals surface area contributed by atoms with Crippen molar-refractivity contribution in [1.29, 1.82) is 0 Å². The van der Waals surface area contributed by atoms with E-state index >= 15 is 0 Å². The summed E-state index contributed by atoms with van der Waals surface area (Å²) in [7, 11) is 0. The van der Waals surface area contributed by atoms with Gasteiger partial charge in [-0.3, -0.25) is 0 Å². The summed E-state index contributed by atoms with van der Waals surface area (Å²) in [4.78, 5) is 0. The Morgan fingerprint density at radius 1 is 1.16 bits per heavy atom. The van der Waals surface area contributed by atoms with Crippen molar-refractivity contribution < 1.29 is 4.42 Å². The highest BCUT2D eigenvalue weighted by atomic mass is 16.4. The van der Waals surface area contributed by atoms with Gasteiger partial charge < -0.3 is 9.73 Å². The highest BCUT2D eigenvalue weighted by Crippen LogP contribution is 2.21.